The molecule has 0 aliphatic heterocycles. The third-order valence-electron chi connectivity index (χ3n) is 8.69. The number of methoxy groups -OCH3 is 1. The summed E-state index contributed by atoms with van der Waals surface area (Å²) in [5.74, 6) is 3.41. The number of hydrogen-bond donors (Lipinski definition) is 0. The van der Waals surface area contributed by atoms with E-state index in [2.05, 4.69) is 42.5 Å². The van der Waals surface area contributed by atoms with Crippen LogP contribution in [0.15, 0.2) is 78.9 Å². The minimum Gasteiger partial charge on any atom is -0.496 e. The van der Waals surface area contributed by atoms with Gasteiger partial charge in [0.2, 0.25) is 0 Å². The van der Waals surface area contributed by atoms with Crippen LogP contribution in [-0.2, 0) is 21.6 Å². The van der Waals surface area contributed by atoms with Gasteiger partial charge >= 0.3 is 5.97 Å². The summed E-state index contributed by atoms with van der Waals surface area (Å²) in [5.41, 5.74) is 6.10. The standard InChI is InChI=1S/C33H34O3/c1-35-31-13-12-29(18-30(31)33-19-25-15-26(20-33)17-27(16-25)21-33)28-10-7-23(8-11-28)9-14-32(34)36-22-24-5-3-2-4-6-24/h2-14,18,25-27H,15-17,19-22H2,1H3/b14-9+. The topological polar surface area (TPSA) is 35.5 Å². The van der Waals surface area contributed by atoms with E-state index in [1.54, 1.807) is 0 Å². The van der Waals surface area contributed by atoms with Gasteiger partial charge in [-0.1, -0.05) is 60.7 Å². The lowest BCUT2D eigenvalue weighted by Gasteiger charge is -2.57. The average molecular weight is 479 g/mol. The lowest BCUT2D eigenvalue weighted by atomic mass is 9.48. The summed E-state index contributed by atoms with van der Waals surface area (Å²) in [6.07, 6.45) is 11.6. The number of ether oxygens (including phenoxy) is 2. The SMILES string of the molecule is COc1ccc(-c2ccc(/C=C/C(=O)OCc3ccccc3)cc2)cc1C12CC3CC(CC(C3)C1)C2. The largest absolute Gasteiger partial charge is 0.496 e. The Labute approximate surface area is 214 Å². The van der Waals surface area contributed by atoms with Gasteiger partial charge in [0.25, 0.3) is 0 Å². The molecule has 3 aromatic carbocycles. The number of hydrogen-bond acceptors (Lipinski definition) is 3. The maximum Gasteiger partial charge on any atom is 0.331 e. The van der Waals surface area contributed by atoms with E-state index in [1.807, 2.05) is 43.5 Å². The van der Waals surface area contributed by atoms with Crippen molar-refractivity contribution in [2.75, 3.05) is 7.11 Å². The fourth-order valence-corrected chi connectivity index (χ4v) is 7.47. The Morgan fingerprint density at radius 3 is 2.14 bits per heavy atom. The van der Waals surface area contributed by atoms with E-state index in [4.69, 9.17) is 9.47 Å². The van der Waals surface area contributed by atoms with Crippen molar-refractivity contribution in [2.45, 2.75) is 50.5 Å². The Morgan fingerprint density at radius 1 is 0.861 bits per heavy atom. The van der Waals surface area contributed by atoms with E-state index in [0.29, 0.717) is 5.41 Å². The Bertz CT molecular complexity index is 1220. The number of carbonyl (C=O) groups excluding carboxylic acids is 1. The molecule has 0 amide bonds. The van der Waals surface area contributed by atoms with Gasteiger partial charge < -0.3 is 9.47 Å². The molecule has 4 saturated carbocycles. The molecule has 0 atom stereocenters. The second-order valence-corrected chi connectivity index (χ2v) is 11.2. The van der Waals surface area contributed by atoms with Crippen LogP contribution >= 0.6 is 0 Å². The summed E-state index contributed by atoms with van der Waals surface area (Å²) in [4.78, 5) is 12.1. The zero-order valence-corrected chi connectivity index (χ0v) is 21.0. The van der Waals surface area contributed by atoms with E-state index < -0.39 is 0 Å². The first-order chi connectivity index (χ1) is 17.6. The van der Waals surface area contributed by atoms with Gasteiger partial charge in [0.05, 0.1) is 7.11 Å². The molecule has 4 aliphatic carbocycles. The van der Waals surface area contributed by atoms with Gasteiger partial charge in [0.1, 0.15) is 12.4 Å². The van der Waals surface area contributed by atoms with E-state index in [9.17, 15) is 4.79 Å². The zero-order chi connectivity index (χ0) is 24.5. The van der Waals surface area contributed by atoms with Crippen LogP contribution in [0.3, 0.4) is 0 Å². The molecule has 0 saturated heterocycles. The minimum atomic E-state index is -0.335. The molecule has 3 nitrogen and oxygen atoms in total. The molecule has 0 aromatic heterocycles. The van der Waals surface area contributed by atoms with Gasteiger partial charge in [-0.15, -0.1) is 0 Å². The number of rotatable bonds is 7. The molecular weight excluding hydrogens is 444 g/mol. The molecule has 3 heteroatoms. The third kappa shape index (κ3) is 4.59. The summed E-state index contributed by atoms with van der Waals surface area (Å²) < 4.78 is 11.2. The van der Waals surface area contributed by atoms with Crippen molar-refractivity contribution in [1.82, 2.24) is 0 Å². The van der Waals surface area contributed by atoms with Crippen molar-refractivity contribution < 1.29 is 14.3 Å². The van der Waals surface area contributed by atoms with Crippen molar-refractivity contribution >= 4 is 12.0 Å². The van der Waals surface area contributed by atoms with Crippen LogP contribution in [0.1, 0.15) is 55.2 Å². The van der Waals surface area contributed by atoms with Crippen LogP contribution in [0.25, 0.3) is 17.2 Å². The normalized spacial score (nSPS) is 26.3. The summed E-state index contributed by atoms with van der Waals surface area (Å²) in [6, 6.07) is 24.9. The molecule has 4 bridgehead atoms. The molecule has 4 fully saturated rings. The highest BCUT2D eigenvalue weighted by atomic mass is 16.5. The van der Waals surface area contributed by atoms with Crippen LogP contribution < -0.4 is 4.74 Å². The molecule has 4 aliphatic rings. The van der Waals surface area contributed by atoms with E-state index in [0.717, 1.165) is 34.6 Å². The second-order valence-electron chi connectivity index (χ2n) is 11.2. The van der Waals surface area contributed by atoms with Gasteiger partial charge in [-0.25, -0.2) is 4.79 Å². The third-order valence-corrected chi connectivity index (χ3v) is 8.69. The monoisotopic (exact) mass is 478 g/mol. The molecule has 0 heterocycles. The highest BCUT2D eigenvalue weighted by Crippen LogP contribution is 2.62. The Balaban J connectivity index is 1.18. The van der Waals surface area contributed by atoms with Crippen molar-refractivity contribution in [3.05, 3.63) is 95.6 Å². The van der Waals surface area contributed by atoms with E-state index in [-0.39, 0.29) is 12.6 Å². The summed E-state index contributed by atoms with van der Waals surface area (Å²) in [7, 11) is 1.81. The van der Waals surface area contributed by atoms with Crippen LogP contribution in [-0.4, -0.2) is 13.1 Å². The fourth-order valence-electron chi connectivity index (χ4n) is 7.47. The molecule has 0 unspecified atom stereocenters. The highest BCUT2D eigenvalue weighted by molar-refractivity contribution is 5.87. The van der Waals surface area contributed by atoms with Gasteiger partial charge in [-0.2, -0.15) is 0 Å². The molecule has 184 valence electrons. The highest BCUT2D eigenvalue weighted by Gasteiger charge is 2.52. The van der Waals surface area contributed by atoms with Gasteiger partial charge in [-0.3, -0.25) is 0 Å². The second kappa shape index (κ2) is 9.61. The quantitative estimate of drug-likeness (QED) is 0.259. The first kappa shape index (κ1) is 23.1. The van der Waals surface area contributed by atoms with E-state index >= 15 is 0 Å². The molecular formula is C33H34O3. The van der Waals surface area contributed by atoms with Crippen LogP contribution in [0.5, 0.6) is 5.75 Å². The van der Waals surface area contributed by atoms with Gasteiger partial charge in [0, 0.05) is 11.6 Å². The molecule has 3 aromatic rings. The molecule has 7 rings (SSSR count). The summed E-state index contributed by atoms with van der Waals surface area (Å²) in [5, 5.41) is 0. The maximum atomic E-state index is 12.1. The summed E-state index contributed by atoms with van der Waals surface area (Å²) >= 11 is 0. The van der Waals surface area contributed by atoms with Crippen LogP contribution in [0, 0.1) is 17.8 Å². The predicted octanol–water partition coefficient (Wildman–Crippen LogP) is 7.59. The van der Waals surface area contributed by atoms with Crippen molar-refractivity contribution in [3.63, 3.8) is 0 Å². The molecule has 36 heavy (non-hydrogen) atoms. The van der Waals surface area contributed by atoms with Crippen molar-refractivity contribution in [2.24, 2.45) is 17.8 Å². The number of esters is 1. The van der Waals surface area contributed by atoms with Gasteiger partial charge in [0.15, 0.2) is 0 Å². The first-order valence-electron chi connectivity index (χ1n) is 13.3. The smallest absolute Gasteiger partial charge is 0.331 e. The Kier molecular flexibility index (Phi) is 6.17. The maximum absolute atomic E-state index is 12.1. The van der Waals surface area contributed by atoms with Crippen LogP contribution in [0.2, 0.25) is 0 Å². The first-order valence-corrected chi connectivity index (χ1v) is 13.3. The molecule has 0 N–H and O–H groups in total. The van der Waals surface area contributed by atoms with Gasteiger partial charge in [-0.05, 0) is 102 Å². The fraction of sp³-hybridized carbons (Fsp3) is 0.364. The Morgan fingerprint density at radius 2 is 1.50 bits per heavy atom. The van der Waals surface area contributed by atoms with Crippen molar-refractivity contribution in [1.29, 1.82) is 0 Å². The lowest BCUT2D eigenvalue weighted by Crippen LogP contribution is -2.48. The zero-order valence-electron chi connectivity index (χ0n) is 21.0. The van der Waals surface area contributed by atoms with Crippen molar-refractivity contribution in [3.8, 4) is 16.9 Å². The van der Waals surface area contributed by atoms with Crippen LogP contribution in [0.4, 0.5) is 0 Å². The summed E-state index contributed by atoms with van der Waals surface area (Å²) in [6.45, 7) is 0.284. The lowest BCUT2D eigenvalue weighted by molar-refractivity contribution is -0.138. The molecule has 0 radical (unpaired) electrons. The number of benzene rings is 3. The Hall–Kier alpha value is -3.33. The number of carbonyl (C=O) groups is 1. The molecule has 0 spiro atoms. The van der Waals surface area contributed by atoms with E-state index in [1.165, 1.54) is 61.3 Å². The minimum absolute atomic E-state index is 0.284. The predicted molar refractivity (Wildman–Crippen MR) is 144 cm³/mol. The average Bonchev–Trinajstić information content (AvgIpc) is 2.90.